The summed E-state index contributed by atoms with van der Waals surface area (Å²) in [5.74, 6) is 0. The van der Waals surface area contributed by atoms with E-state index < -0.39 is 5.60 Å². The second kappa shape index (κ2) is 3.69. The zero-order valence-corrected chi connectivity index (χ0v) is 8.29. The van der Waals surface area contributed by atoms with Crippen molar-refractivity contribution >= 4 is 0 Å². The maximum atomic E-state index is 10.0. The normalized spacial score (nSPS) is 18.1. The van der Waals surface area contributed by atoms with Gasteiger partial charge in [0.05, 0.1) is 12.7 Å². The van der Waals surface area contributed by atoms with E-state index in [1.807, 2.05) is 24.3 Å². The summed E-state index contributed by atoms with van der Waals surface area (Å²) in [6.45, 7) is 0.634. The Labute approximate surface area is 83.7 Å². The molecule has 1 aliphatic carbocycles. The molecule has 1 aromatic rings. The van der Waals surface area contributed by atoms with E-state index in [9.17, 15) is 5.11 Å². The third-order valence-electron chi connectivity index (χ3n) is 2.65. The van der Waals surface area contributed by atoms with Crippen molar-refractivity contribution in [2.45, 2.75) is 25.0 Å². The van der Waals surface area contributed by atoms with Crippen LogP contribution in [0.5, 0.6) is 0 Å². The smallest absolute Gasteiger partial charge is 0.0902 e. The van der Waals surface area contributed by atoms with Crippen LogP contribution >= 0.6 is 0 Å². The Morgan fingerprint density at radius 3 is 2.79 bits per heavy atom. The summed E-state index contributed by atoms with van der Waals surface area (Å²) in [6, 6.07) is 7.93. The number of benzene rings is 1. The number of hydrogen-bond donors (Lipinski definition) is 2. The molecule has 0 radical (unpaired) electrons. The van der Waals surface area contributed by atoms with Gasteiger partial charge in [-0.3, -0.25) is 0 Å². The van der Waals surface area contributed by atoms with Crippen LogP contribution in [0.15, 0.2) is 24.3 Å². The van der Waals surface area contributed by atoms with Crippen LogP contribution in [-0.4, -0.2) is 12.2 Å². The average molecular weight is 193 g/mol. The van der Waals surface area contributed by atoms with Crippen LogP contribution in [0.3, 0.4) is 0 Å². The van der Waals surface area contributed by atoms with E-state index in [0.717, 1.165) is 24.0 Å². The molecule has 1 fully saturated rings. The molecule has 0 spiro atoms. The van der Waals surface area contributed by atoms with Gasteiger partial charge in [0.2, 0.25) is 0 Å². The molecule has 0 bridgehead atoms. The minimum absolute atomic E-state index is 0.563. The van der Waals surface area contributed by atoms with E-state index in [2.05, 4.69) is 5.48 Å². The second-order valence-electron chi connectivity index (χ2n) is 3.71. The van der Waals surface area contributed by atoms with Crippen LogP contribution in [0.2, 0.25) is 0 Å². The van der Waals surface area contributed by atoms with E-state index >= 15 is 0 Å². The van der Waals surface area contributed by atoms with Crippen LogP contribution in [0.4, 0.5) is 0 Å². The fourth-order valence-corrected chi connectivity index (χ4v) is 1.67. The molecule has 0 saturated heterocycles. The molecule has 2 N–H and O–H groups in total. The number of hydroxylamine groups is 1. The third kappa shape index (κ3) is 1.80. The molecule has 2 rings (SSSR count). The number of nitrogens with one attached hydrogen (secondary N) is 1. The molecular formula is C11H15NO2. The standard InChI is InChI=1S/C11H15NO2/c1-14-12-8-9-4-2-3-5-10(9)11(13)6-7-11/h2-5,12-13H,6-8H2,1H3. The summed E-state index contributed by atoms with van der Waals surface area (Å²) in [7, 11) is 1.59. The summed E-state index contributed by atoms with van der Waals surface area (Å²) in [5, 5.41) is 10.0. The number of rotatable bonds is 4. The van der Waals surface area contributed by atoms with E-state index in [0.29, 0.717) is 6.54 Å². The zero-order valence-electron chi connectivity index (χ0n) is 8.29. The first-order valence-corrected chi connectivity index (χ1v) is 4.83. The first-order chi connectivity index (χ1) is 6.76. The van der Waals surface area contributed by atoms with Crippen molar-refractivity contribution in [1.82, 2.24) is 5.48 Å². The van der Waals surface area contributed by atoms with Gasteiger partial charge in [0, 0.05) is 6.54 Å². The maximum absolute atomic E-state index is 10.0. The first kappa shape index (κ1) is 9.65. The molecule has 0 unspecified atom stereocenters. The molecule has 3 nitrogen and oxygen atoms in total. The van der Waals surface area contributed by atoms with Gasteiger partial charge in [-0.1, -0.05) is 24.3 Å². The fourth-order valence-electron chi connectivity index (χ4n) is 1.67. The molecule has 14 heavy (non-hydrogen) atoms. The fraction of sp³-hybridized carbons (Fsp3) is 0.455. The molecule has 76 valence electrons. The molecule has 1 aliphatic rings. The SMILES string of the molecule is CONCc1ccccc1C1(O)CC1. The highest BCUT2D eigenvalue weighted by molar-refractivity contribution is 5.35. The Morgan fingerprint density at radius 1 is 1.43 bits per heavy atom. The maximum Gasteiger partial charge on any atom is 0.0902 e. The van der Waals surface area contributed by atoms with E-state index in [1.54, 1.807) is 7.11 Å². The quantitative estimate of drug-likeness (QED) is 0.709. The van der Waals surface area contributed by atoms with Crippen molar-refractivity contribution in [2.75, 3.05) is 7.11 Å². The van der Waals surface area contributed by atoms with E-state index in [1.165, 1.54) is 0 Å². The molecule has 0 aliphatic heterocycles. The molecule has 0 heterocycles. The van der Waals surface area contributed by atoms with Gasteiger partial charge in [0.15, 0.2) is 0 Å². The highest BCUT2D eigenvalue weighted by Gasteiger charge is 2.43. The first-order valence-electron chi connectivity index (χ1n) is 4.83. The monoisotopic (exact) mass is 193 g/mol. The topological polar surface area (TPSA) is 41.5 Å². The minimum Gasteiger partial charge on any atom is -0.385 e. The summed E-state index contributed by atoms with van der Waals surface area (Å²) >= 11 is 0. The van der Waals surface area contributed by atoms with Gasteiger partial charge in [0.25, 0.3) is 0 Å². The Morgan fingerprint density at radius 2 is 2.14 bits per heavy atom. The highest BCUT2D eigenvalue weighted by Crippen LogP contribution is 2.46. The Kier molecular flexibility index (Phi) is 2.54. The lowest BCUT2D eigenvalue weighted by Gasteiger charge is -2.13. The summed E-state index contributed by atoms with van der Waals surface area (Å²) in [4.78, 5) is 4.80. The predicted molar refractivity (Wildman–Crippen MR) is 53.4 cm³/mol. The largest absolute Gasteiger partial charge is 0.385 e. The van der Waals surface area contributed by atoms with Crippen LogP contribution in [0.25, 0.3) is 0 Å². The number of hydrogen-bond acceptors (Lipinski definition) is 3. The summed E-state index contributed by atoms with van der Waals surface area (Å²) < 4.78 is 0. The molecule has 0 atom stereocenters. The second-order valence-corrected chi connectivity index (χ2v) is 3.71. The third-order valence-corrected chi connectivity index (χ3v) is 2.65. The molecule has 1 aromatic carbocycles. The van der Waals surface area contributed by atoms with Crippen LogP contribution in [-0.2, 0) is 17.0 Å². The van der Waals surface area contributed by atoms with Crippen molar-refractivity contribution in [3.63, 3.8) is 0 Å². The lowest BCUT2D eigenvalue weighted by molar-refractivity contribution is 0.0850. The van der Waals surface area contributed by atoms with Gasteiger partial charge >= 0.3 is 0 Å². The van der Waals surface area contributed by atoms with E-state index in [-0.39, 0.29) is 0 Å². The van der Waals surface area contributed by atoms with Gasteiger partial charge in [0.1, 0.15) is 0 Å². The van der Waals surface area contributed by atoms with Gasteiger partial charge < -0.3 is 9.94 Å². The predicted octanol–water partition coefficient (Wildman–Crippen LogP) is 1.32. The van der Waals surface area contributed by atoms with Crippen LogP contribution < -0.4 is 5.48 Å². The van der Waals surface area contributed by atoms with Gasteiger partial charge in [-0.2, -0.15) is 5.48 Å². The molecule has 1 saturated carbocycles. The number of aliphatic hydroxyl groups is 1. The van der Waals surface area contributed by atoms with Crippen molar-refractivity contribution in [2.24, 2.45) is 0 Å². The molecule has 0 amide bonds. The van der Waals surface area contributed by atoms with Gasteiger partial charge in [-0.25, -0.2) is 0 Å². The Hall–Kier alpha value is -0.900. The average Bonchev–Trinajstić information content (AvgIpc) is 2.95. The molecule has 3 heteroatoms. The van der Waals surface area contributed by atoms with E-state index in [4.69, 9.17) is 4.84 Å². The highest BCUT2D eigenvalue weighted by atomic mass is 16.6. The Bertz CT molecular complexity index is 321. The van der Waals surface area contributed by atoms with Gasteiger partial charge in [-0.05, 0) is 24.0 Å². The summed E-state index contributed by atoms with van der Waals surface area (Å²) in [5.41, 5.74) is 4.37. The van der Waals surface area contributed by atoms with Crippen molar-refractivity contribution < 1.29 is 9.94 Å². The lowest BCUT2D eigenvalue weighted by Crippen LogP contribution is -2.15. The van der Waals surface area contributed by atoms with Crippen LogP contribution in [0.1, 0.15) is 24.0 Å². The molecule has 0 aromatic heterocycles. The minimum atomic E-state index is -0.563. The van der Waals surface area contributed by atoms with Crippen molar-refractivity contribution in [3.8, 4) is 0 Å². The molecular weight excluding hydrogens is 178 g/mol. The zero-order chi connectivity index (χ0) is 10.0. The van der Waals surface area contributed by atoms with Crippen molar-refractivity contribution in [3.05, 3.63) is 35.4 Å². The van der Waals surface area contributed by atoms with Gasteiger partial charge in [-0.15, -0.1) is 0 Å². The lowest BCUT2D eigenvalue weighted by atomic mass is 10.0. The summed E-state index contributed by atoms with van der Waals surface area (Å²) in [6.07, 6.45) is 1.74. The Balaban J connectivity index is 2.20. The van der Waals surface area contributed by atoms with Crippen LogP contribution in [0, 0.1) is 0 Å². The van der Waals surface area contributed by atoms with Crippen molar-refractivity contribution in [1.29, 1.82) is 0 Å².